The molecule has 1 aliphatic heterocycles. The number of aryl methyl sites for hydroxylation is 1. The summed E-state index contributed by atoms with van der Waals surface area (Å²) in [6.45, 7) is 3.35. The van der Waals surface area contributed by atoms with E-state index in [4.69, 9.17) is 4.74 Å². The number of esters is 1. The van der Waals surface area contributed by atoms with Crippen molar-refractivity contribution in [2.45, 2.75) is 32.9 Å². The van der Waals surface area contributed by atoms with Crippen molar-refractivity contribution >= 4 is 17.8 Å². The van der Waals surface area contributed by atoms with Crippen molar-refractivity contribution in [3.8, 4) is 0 Å². The average Bonchev–Trinajstić information content (AvgIpc) is 3.10. The molecule has 130 valence electrons. The van der Waals surface area contributed by atoms with Gasteiger partial charge in [0.25, 0.3) is 11.8 Å². The fourth-order valence-electron chi connectivity index (χ4n) is 2.75. The second kappa shape index (κ2) is 6.46. The molecule has 0 fully saturated rings. The molecule has 0 saturated heterocycles. The van der Waals surface area contributed by atoms with Crippen LogP contribution < -0.4 is 0 Å². The number of carbonyl (C=O) groups is 3. The topological polar surface area (TPSA) is 94.4 Å². The van der Waals surface area contributed by atoms with Crippen LogP contribution in [0.4, 0.5) is 0 Å². The summed E-state index contributed by atoms with van der Waals surface area (Å²) in [5, 5.41) is 7.95. The number of fused-ring (bicyclic) bond motifs is 1. The van der Waals surface area contributed by atoms with Crippen LogP contribution in [0.5, 0.6) is 0 Å². The lowest BCUT2D eigenvalue weighted by Gasteiger charge is -2.20. The molecule has 0 N–H and O–H groups in total. The van der Waals surface area contributed by atoms with Gasteiger partial charge in [0, 0.05) is 13.5 Å². The fourth-order valence-corrected chi connectivity index (χ4v) is 2.75. The maximum atomic E-state index is 12.4. The number of carbonyl (C=O) groups excluding carboxylic acids is 3. The molecule has 3 rings (SSSR count). The van der Waals surface area contributed by atoms with E-state index in [0.29, 0.717) is 23.4 Å². The van der Waals surface area contributed by atoms with E-state index in [1.807, 2.05) is 6.92 Å². The minimum atomic E-state index is -1.02. The quantitative estimate of drug-likeness (QED) is 0.597. The molecule has 25 heavy (non-hydrogen) atoms. The van der Waals surface area contributed by atoms with Crippen LogP contribution in [0.2, 0.25) is 0 Å². The molecule has 0 bridgehead atoms. The maximum Gasteiger partial charge on any atom is 0.329 e. The van der Waals surface area contributed by atoms with Crippen LogP contribution in [0, 0.1) is 0 Å². The summed E-state index contributed by atoms with van der Waals surface area (Å²) >= 11 is 0. The lowest BCUT2D eigenvalue weighted by molar-refractivity contribution is -0.149. The first kappa shape index (κ1) is 16.8. The lowest BCUT2D eigenvalue weighted by atomic mass is 10.1. The summed E-state index contributed by atoms with van der Waals surface area (Å²) in [6, 6.07) is 5.47. The van der Waals surface area contributed by atoms with Gasteiger partial charge in [-0.2, -0.15) is 0 Å². The number of rotatable bonds is 5. The number of aromatic nitrogens is 3. The molecule has 0 unspecified atom stereocenters. The zero-order valence-corrected chi connectivity index (χ0v) is 14.2. The number of nitrogens with zero attached hydrogens (tertiary/aromatic N) is 4. The maximum absolute atomic E-state index is 12.4. The second-order valence-electron chi connectivity index (χ2n) is 5.75. The van der Waals surface area contributed by atoms with Crippen molar-refractivity contribution in [1.29, 1.82) is 0 Å². The molecule has 0 radical (unpaired) electrons. The van der Waals surface area contributed by atoms with Crippen LogP contribution >= 0.6 is 0 Å². The van der Waals surface area contributed by atoms with Gasteiger partial charge in [0.05, 0.1) is 11.1 Å². The molecular formula is C17H18N4O4. The predicted octanol–water partition coefficient (Wildman–Crippen LogP) is 1.11. The summed E-state index contributed by atoms with van der Waals surface area (Å²) in [5.41, 5.74) is 0.598. The third kappa shape index (κ3) is 2.79. The standard InChI is InChI=1S/C17H18N4O4/c1-4-13-18-19-14(20(13)3)9-25-17(24)10(2)21-15(22)11-7-5-6-8-12(11)16(21)23/h5-8,10H,4,9H2,1-3H3/t10-/m1/s1. The summed E-state index contributed by atoms with van der Waals surface area (Å²) in [7, 11) is 1.79. The number of imide groups is 1. The highest BCUT2D eigenvalue weighted by molar-refractivity contribution is 6.22. The van der Waals surface area contributed by atoms with Gasteiger partial charge >= 0.3 is 5.97 Å². The van der Waals surface area contributed by atoms with Crippen LogP contribution in [0.1, 0.15) is 46.2 Å². The van der Waals surface area contributed by atoms with E-state index in [0.717, 1.165) is 10.7 Å². The number of ether oxygens (including phenoxy) is 1. The van der Waals surface area contributed by atoms with Crippen molar-refractivity contribution in [3.63, 3.8) is 0 Å². The van der Waals surface area contributed by atoms with E-state index in [2.05, 4.69) is 10.2 Å². The van der Waals surface area contributed by atoms with Gasteiger partial charge < -0.3 is 9.30 Å². The minimum absolute atomic E-state index is 0.0736. The fraction of sp³-hybridized carbons (Fsp3) is 0.353. The SMILES string of the molecule is CCc1nnc(COC(=O)[C@@H](C)N2C(=O)c3ccccc3C2=O)n1C. The molecule has 2 heterocycles. The summed E-state index contributed by atoms with van der Waals surface area (Å²) < 4.78 is 6.98. The highest BCUT2D eigenvalue weighted by Gasteiger charge is 2.41. The Labute approximate surface area is 144 Å². The van der Waals surface area contributed by atoms with Gasteiger partial charge in [-0.25, -0.2) is 4.79 Å². The van der Waals surface area contributed by atoms with Crippen molar-refractivity contribution in [3.05, 3.63) is 47.0 Å². The number of benzene rings is 1. The van der Waals surface area contributed by atoms with Crippen LogP contribution in [-0.2, 0) is 29.6 Å². The molecule has 0 saturated carbocycles. The van der Waals surface area contributed by atoms with Crippen molar-refractivity contribution in [2.24, 2.45) is 7.05 Å². The van der Waals surface area contributed by atoms with Gasteiger partial charge in [-0.1, -0.05) is 19.1 Å². The monoisotopic (exact) mass is 342 g/mol. The largest absolute Gasteiger partial charge is 0.456 e. The van der Waals surface area contributed by atoms with Crippen molar-refractivity contribution in [2.75, 3.05) is 0 Å². The van der Waals surface area contributed by atoms with Crippen LogP contribution in [0.15, 0.2) is 24.3 Å². The third-order valence-electron chi connectivity index (χ3n) is 4.27. The van der Waals surface area contributed by atoms with E-state index in [9.17, 15) is 14.4 Å². The van der Waals surface area contributed by atoms with E-state index < -0.39 is 23.8 Å². The molecule has 8 nitrogen and oxygen atoms in total. The highest BCUT2D eigenvalue weighted by atomic mass is 16.5. The smallest absolute Gasteiger partial charge is 0.329 e. The Hall–Kier alpha value is -3.03. The lowest BCUT2D eigenvalue weighted by Crippen LogP contribution is -2.43. The van der Waals surface area contributed by atoms with Gasteiger partial charge in [0.2, 0.25) is 0 Å². The number of amides is 2. The summed E-state index contributed by atoms with van der Waals surface area (Å²) in [5.74, 6) is -0.372. The minimum Gasteiger partial charge on any atom is -0.456 e. The Bertz CT molecular complexity index is 823. The molecule has 0 aliphatic carbocycles. The number of hydrogen-bond donors (Lipinski definition) is 0. The highest BCUT2D eigenvalue weighted by Crippen LogP contribution is 2.24. The van der Waals surface area contributed by atoms with E-state index in [1.54, 1.807) is 35.9 Å². The van der Waals surface area contributed by atoms with Crippen molar-refractivity contribution in [1.82, 2.24) is 19.7 Å². The van der Waals surface area contributed by atoms with Crippen LogP contribution in [0.3, 0.4) is 0 Å². The molecule has 0 spiro atoms. The van der Waals surface area contributed by atoms with E-state index in [-0.39, 0.29) is 6.61 Å². The van der Waals surface area contributed by atoms with Crippen LogP contribution in [0.25, 0.3) is 0 Å². The Morgan fingerprint density at radius 2 is 1.68 bits per heavy atom. The van der Waals surface area contributed by atoms with Gasteiger partial charge in [-0.05, 0) is 19.1 Å². The van der Waals surface area contributed by atoms with Gasteiger partial charge in [-0.15, -0.1) is 10.2 Å². The third-order valence-corrected chi connectivity index (χ3v) is 4.27. The average molecular weight is 342 g/mol. The molecule has 2 amide bonds. The second-order valence-corrected chi connectivity index (χ2v) is 5.75. The zero-order chi connectivity index (χ0) is 18.1. The van der Waals surface area contributed by atoms with Crippen LogP contribution in [-0.4, -0.2) is 43.5 Å². The van der Waals surface area contributed by atoms with Gasteiger partial charge in [-0.3, -0.25) is 14.5 Å². The normalized spacial score (nSPS) is 14.6. The zero-order valence-electron chi connectivity index (χ0n) is 14.2. The van der Waals surface area contributed by atoms with Gasteiger partial charge in [0.1, 0.15) is 11.9 Å². The first-order valence-electron chi connectivity index (χ1n) is 7.96. The van der Waals surface area contributed by atoms with E-state index in [1.165, 1.54) is 6.92 Å². The molecular weight excluding hydrogens is 324 g/mol. The Morgan fingerprint density at radius 3 is 2.20 bits per heavy atom. The molecule has 1 aromatic heterocycles. The molecule has 2 aromatic rings. The Balaban J connectivity index is 1.70. The predicted molar refractivity (Wildman–Crippen MR) is 86.6 cm³/mol. The molecule has 8 heteroatoms. The Kier molecular flexibility index (Phi) is 4.35. The van der Waals surface area contributed by atoms with Crippen molar-refractivity contribution < 1.29 is 19.1 Å². The summed E-state index contributed by atoms with van der Waals surface area (Å²) in [6.07, 6.45) is 0.711. The summed E-state index contributed by atoms with van der Waals surface area (Å²) in [4.78, 5) is 38.0. The molecule has 1 aliphatic rings. The molecule has 1 atom stereocenters. The number of hydrogen-bond acceptors (Lipinski definition) is 6. The molecule has 1 aromatic carbocycles. The van der Waals surface area contributed by atoms with Gasteiger partial charge in [0.15, 0.2) is 12.4 Å². The first-order chi connectivity index (χ1) is 12.0. The van der Waals surface area contributed by atoms with E-state index >= 15 is 0 Å². The first-order valence-corrected chi connectivity index (χ1v) is 7.96. The Morgan fingerprint density at radius 1 is 1.12 bits per heavy atom.